The molecule has 0 saturated heterocycles. The van der Waals surface area contributed by atoms with Gasteiger partial charge in [0.2, 0.25) is 0 Å². The molecule has 0 saturated carbocycles. The summed E-state index contributed by atoms with van der Waals surface area (Å²) in [5.41, 5.74) is 0. The average Bonchev–Trinajstić information content (AvgIpc) is 1.65. The van der Waals surface area contributed by atoms with Gasteiger partial charge < -0.3 is 9.13 Å². The lowest BCUT2D eigenvalue weighted by Gasteiger charge is -2.07. The first-order chi connectivity index (χ1) is 3.18. The molecular weight excluding hydrogens is 91.9 g/mol. The minimum Gasteiger partial charge on any atom is -0.319 e. The molecule has 0 spiro atoms. The molecule has 0 aliphatic carbocycles. The smallest absolute Gasteiger partial charge is 0.319 e. The number of hydrogen-bond acceptors (Lipinski definition) is 1. The molecule has 0 aromatic carbocycles. The first kappa shape index (κ1) is 6.95. The van der Waals surface area contributed by atoms with Crippen LogP contribution in [-0.4, -0.2) is 26.0 Å². The van der Waals surface area contributed by atoms with E-state index >= 15 is 0 Å². The Morgan fingerprint density at radius 1 is 1.57 bits per heavy atom. The van der Waals surface area contributed by atoms with Gasteiger partial charge in [-0.25, -0.2) is 0 Å². The third-order valence-electron chi connectivity index (χ3n) is 0.897. The Balaban J connectivity index is 3.14. The number of hydrogen-bond donors (Lipinski definition) is 0. The second-order valence-corrected chi connectivity index (χ2v) is 1.81. The predicted molar refractivity (Wildman–Crippen MR) is 31.0 cm³/mol. The lowest BCUT2D eigenvalue weighted by molar-refractivity contribution is 0.562. The van der Waals surface area contributed by atoms with Crippen molar-refractivity contribution in [3.63, 3.8) is 0 Å². The molecule has 0 aromatic rings. The summed E-state index contributed by atoms with van der Waals surface area (Å²) >= 11 is 0. The number of rotatable bonds is 2. The Bertz CT molecular complexity index is 49.0. The van der Waals surface area contributed by atoms with Crippen molar-refractivity contribution in [3.05, 3.63) is 0 Å². The van der Waals surface area contributed by atoms with Crippen molar-refractivity contribution in [2.24, 2.45) is 0 Å². The number of halogens is 1. The van der Waals surface area contributed by atoms with E-state index in [0.29, 0.717) is 6.32 Å². The van der Waals surface area contributed by atoms with E-state index in [2.05, 4.69) is 0 Å². The highest BCUT2D eigenvalue weighted by atomic mass is 19.1. The first-order valence-electron chi connectivity index (χ1n) is 2.49. The minimum absolute atomic E-state index is 0.576. The maximum Gasteiger partial charge on any atom is 0.430 e. The van der Waals surface area contributed by atoms with Gasteiger partial charge in [0.05, 0.1) is 0 Å². The van der Waals surface area contributed by atoms with Gasteiger partial charge in [-0.15, -0.1) is 0 Å². The van der Waals surface area contributed by atoms with E-state index in [4.69, 9.17) is 0 Å². The van der Waals surface area contributed by atoms with Crippen LogP contribution in [0.15, 0.2) is 0 Å². The molecule has 0 aromatic heterocycles. The highest BCUT2D eigenvalue weighted by Gasteiger charge is 2.11. The summed E-state index contributed by atoms with van der Waals surface area (Å²) < 4.78 is 12.2. The lowest BCUT2D eigenvalue weighted by Crippen LogP contribution is -2.26. The summed E-state index contributed by atoms with van der Waals surface area (Å²) in [4.78, 5) is 1.56. The van der Waals surface area contributed by atoms with Gasteiger partial charge in [-0.1, -0.05) is 6.92 Å². The molecule has 42 valence electrons. The van der Waals surface area contributed by atoms with Crippen LogP contribution in [0.4, 0.5) is 4.32 Å². The van der Waals surface area contributed by atoms with Gasteiger partial charge in [-0.05, 0) is 20.4 Å². The van der Waals surface area contributed by atoms with E-state index in [1.165, 1.54) is 0 Å². The second kappa shape index (κ2) is 3.02. The molecule has 0 amide bonds. The maximum atomic E-state index is 12.2. The van der Waals surface area contributed by atoms with Crippen LogP contribution in [0.5, 0.6) is 0 Å². The third kappa shape index (κ3) is 2.63. The maximum absolute atomic E-state index is 12.2. The molecule has 7 heavy (non-hydrogen) atoms. The summed E-state index contributed by atoms with van der Waals surface area (Å²) in [6.07, 6.45) is 0.576. The zero-order valence-corrected chi connectivity index (χ0v) is 5.11. The van der Waals surface area contributed by atoms with E-state index in [1.54, 1.807) is 18.9 Å². The first-order valence-corrected chi connectivity index (χ1v) is 2.49. The molecule has 0 radical (unpaired) electrons. The van der Waals surface area contributed by atoms with Crippen LogP contribution < -0.4 is 0 Å². The zero-order chi connectivity index (χ0) is 5.86. The molecule has 0 aliphatic rings. The second-order valence-electron chi connectivity index (χ2n) is 1.81. The molecule has 0 rings (SSSR count). The molecule has 0 heterocycles. The molecule has 3 heteroatoms. The van der Waals surface area contributed by atoms with E-state index in [0.717, 1.165) is 0 Å². The standard InChI is InChI=1S/C4H11BFN/c1-4-5(6)7(2)3/h4H2,1-3H3. The molecule has 0 fully saturated rings. The minimum atomic E-state index is -0.764. The fourth-order valence-corrected chi connectivity index (χ4v) is 0.365. The molecule has 0 aliphatic heterocycles. The van der Waals surface area contributed by atoms with E-state index in [-0.39, 0.29) is 0 Å². The van der Waals surface area contributed by atoms with Gasteiger partial charge in [0.25, 0.3) is 0 Å². The van der Waals surface area contributed by atoms with Gasteiger partial charge in [0.1, 0.15) is 0 Å². The van der Waals surface area contributed by atoms with Crippen LogP contribution in [0.25, 0.3) is 0 Å². The molecule has 1 nitrogen and oxygen atoms in total. The van der Waals surface area contributed by atoms with Gasteiger partial charge >= 0.3 is 7.12 Å². The molecule has 0 N–H and O–H groups in total. The summed E-state index contributed by atoms with van der Waals surface area (Å²) in [5, 5.41) is 0. The fraction of sp³-hybridized carbons (Fsp3) is 1.00. The van der Waals surface area contributed by atoms with Gasteiger partial charge in [-0.3, -0.25) is 0 Å². The Labute approximate surface area is 44.7 Å². The summed E-state index contributed by atoms with van der Waals surface area (Å²) in [6.45, 7) is 1.82. The normalized spacial score (nSPS) is 9.86. The average molecular weight is 103 g/mol. The van der Waals surface area contributed by atoms with Crippen LogP contribution in [0.2, 0.25) is 6.32 Å². The zero-order valence-electron chi connectivity index (χ0n) is 5.11. The Hall–Kier alpha value is -0.0451. The van der Waals surface area contributed by atoms with Crippen LogP contribution in [0, 0.1) is 0 Å². The Morgan fingerprint density at radius 3 is 2.00 bits per heavy atom. The molecule has 0 bridgehead atoms. The van der Waals surface area contributed by atoms with Crippen molar-refractivity contribution in [2.45, 2.75) is 13.2 Å². The largest absolute Gasteiger partial charge is 0.430 e. The van der Waals surface area contributed by atoms with E-state index < -0.39 is 7.12 Å². The monoisotopic (exact) mass is 103 g/mol. The van der Waals surface area contributed by atoms with Crippen LogP contribution in [0.1, 0.15) is 6.92 Å². The van der Waals surface area contributed by atoms with Crippen molar-refractivity contribution < 1.29 is 4.32 Å². The van der Waals surface area contributed by atoms with Crippen LogP contribution in [-0.2, 0) is 0 Å². The lowest BCUT2D eigenvalue weighted by atomic mass is 9.82. The van der Waals surface area contributed by atoms with Gasteiger partial charge in [0.15, 0.2) is 0 Å². The molecular formula is C4H11BFN. The van der Waals surface area contributed by atoms with Crippen molar-refractivity contribution in [2.75, 3.05) is 14.1 Å². The highest BCUT2D eigenvalue weighted by molar-refractivity contribution is 6.47. The fourth-order valence-electron chi connectivity index (χ4n) is 0.365. The van der Waals surface area contributed by atoms with Gasteiger partial charge in [-0.2, -0.15) is 0 Å². The topological polar surface area (TPSA) is 3.24 Å². The highest BCUT2D eigenvalue weighted by Crippen LogP contribution is 1.93. The van der Waals surface area contributed by atoms with Gasteiger partial charge in [0, 0.05) is 0 Å². The van der Waals surface area contributed by atoms with E-state index in [9.17, 15) is 4.32 Å². The van der Waals surface area contributed by atoms with Crippen molar-refractivity contribution in [1.82, 2.24) is 4.81 Å². The Morgan fingerprint density at radius 2 is 2.00 bits per heavy atom. The third-order valence-corrected chi connectivity index (χ3v) is 0.897. The molecule has 0 unspecified atom stereocenters. The summed E-state index contributed by atoms with van der Waals surface area (Å²) in [5.74, 6) is 0. The predicted octanol–water partition coefficient (Wildman–Crippen LogP) is 1.03. The SMILES string of the molecule is CCB(F)N(C)C. The van der Waals surface area contributed by atoms with Crippen molar-refractivity contribution in [3.8, 4) is 0 Å². The number of nitrogens with zero attached hydrogens (tertiary/aromatic N) is 1. The molecule has 0 atom stereocenters. The summed E-state index contributed by atoms with van der Waals surface area (Å²) in [7, 11) is 2.70. The Kier molecular flexibility index (Phi) is 3.00. The van der Waals surface area contributed by atoms with Crippen molar-refractivity contribution in [1.29, 1.82) is 0 Å². The quantitative estimate of drug-likeness (QED) is 0.471. The van der Waals surface area contributed by atoms with Crippen LogP contribution in [0.3, 0.4) is 0 Å². The summed E-state index contributed by atoms with van der Waals surface area (Å²) in [6, 6.07) is 0. The van der Waals surface area contributed by atoms with Crippen LogP contribution >= 0.6 is 0 Å². The van der Waals surface area contributed by atoms with Crippen molar-refractivity contribution >= 4 is 7.12 Å². The van der Waals surface area contributed by atoms with E-state index in [1.807, 2.05) is 6.92 Å².